The average molecular weight is 384 g/mol. The van der Waals surface area contributed by atoms with Crippen molar-refractivity contribution < 1.29 is 9.59 Å². The van der Waals surface area contributed by atoms with Gasteiger partial charge in [0.25, 0.3) is 5.91 Å². The smallest absolute Gasteiger partial charge is 0.316 e. The van der Waals surface area contributed by atoms with Crippen LogP contribution >= 0.6 is 34.5 Å². The molecule has 2 heterocycles. The van der Waals surface area contributed by atoms with Gasteiger partial charge in [-0.05, 0) is 25.1 Å². The average Bonchev–Trinajstić information content (AvgIpc) is 3.01. The van der Waals surface area contributed by atoms with Crippen molar-refractivity contribution in [2.45, 2.75) is 6.92 Å². The lowest BCUT2D eigenvalue weighted by molar-refractivity contribution is 0.102. The number of carbonyl (C=O) groups excluding carboxylic acids is 2. The van der Waals surface area contributed by atoms with Gasteiger partial charge in [0.05, 0.1) is 20.3 Å². The summed E-state index contributed by atoms with van der Waals surface area (Å²) in [6.45, 7) is 1.72. The van der Waals surface area contributed by atoms with E-state index in [1.54, 1.807) is 25.1 Å². The molecule has 3 amide bonds. The molecule has 0 radical (unpaired) electrons. The fourth-order valence-electron chi connectivity index (χ4n) is 2.09. The molecule has 3 rings (SSSR count). The molecule has 7 nitrogen and oxygen atoms in total. The first kappa shape index (κ1) is 16.6. The largest absolute Gasteiger partial charge is 0.352 e. The van der Waals surface area contributed by atoms with Gasteiger partial charge >= 0.3 is 6.03 Å². The Labute approximate surface area is 150 Å². The maximum atomic E-state index is 12.3. The molecular weight excluding hydrogens is 373 g/mol. The number of nitrogens with two attached hydrogens (primary N) is 1. The van der Waals surface area contributed by atoms with Gasteiger partial charge < -0.3 is 16.0 Å². The molecule has 24 heavy (non-hydrogen) atoms. The number of carbonyl (C=O) groups is 2. The van der Waals surface area contributed by atoms with Crippen LogP contribution in [0.5, 0.6) is 0 Å². The number of nitrogens with one attached hydrogen (secondary N) is 3. The van der Waals surface area contributed by atoms with E-state index in [1.165, 1.54) is 11.3 Å². The molecule has 5 N–H and O–H groups in total. The number of thiazole rings is 1. The van der Waals surface area contributed by atoms with Crippen LogP contribution in [0.3, 0.4) is 0 Å². The lowest BCUT2D eigenvalue weighted by Gasteiger charge is -1.99. The summed E-state index contributed by atoms with van der Waals surface area (Å²) in [4.78, 5) is 30.3. The predicted molar refractivity (Wildman–Crippen MR) is 96.3 cm³/mol. The Hall–Kier alpha value is -2.29. The van der Waals surface area contributed by atoms with Crippen LogP contribution in [0, 0.1) is 6.92 Å². The Bertz CT molecular complexity index is 966. The van der Waals surface area contributed by atoms with E-state index in [1.807, 2.05) is 0 Å². The van der Waals surface area contributed by atoms with Crippen LogP contribution in [0.15, 0.2) is 18.2 Å². The van der Waals surface area contributed by atoms with Gasteiger partial charge in [0, 0.05) is 11.4 Å². The lowest BCUT2D eigenvalue weighted by atomic mass is 10.3. The predicted octanol–water partition coefficient (Wildman–Crippen LogP) is 3.98. The van der Waals surface area contributed by atoms with Crippen molar-refractivity contribution >= 4 is 67.5 Å². The third kappa shape index (κ3) is 3.16. The topological polar surface area (TPSA) is 113 Å². The van der Waals surface area contributed by atoms with Crippen molar-refractivity contribution in [2.75, 3.05) is 10.6 Å². The molecule has 0 unspecified atom stereocenters. The SMILES string of the molecule is Cc1[nH]c(C(=O)Nc2nc3ccc(NC(N)=O)cc3s2)c(Cl)c1Cl. The highest BCUT2D eigenvalue weighted by atomic mass is 35.5. The minimum atomic E-state index is -0.652. The van der Waals surface area contributed by atoms with E-state index in [2.05, 4.69) is 20.6 Å². The number of fused-ring (bicyclic) bond motifs is 1. The summed E-state index contributed by atoms with van der Waals surface area (Å²) in [6, 6.07) is 4.45. The van der Waals surface area contributed by atoms with Gasteiger partial charge in [0.15, 0.2) is 5.13 Å². The van der Waals surface area contributed by atoms with Gasteiger partial charge in [0.2, 0.25) is 0 Å². The van der Waals surface area contributed by atoms with E-state index >= 15 is 0 Å². The van der Waals surface area contributed by atoms with Crippen molar-refractivity contribution in [1.82, 2.24) is 9.97 Å². The number of amides is 3. The molecule has 0 aliphatic carbocycles. The van der Waals surface area contributed by atoms with Gasteiger partial charge in [-0.3, -0.25) is 10.1 Å². The zero-order chi connectivity index (χ0) is 17.4. The molecule has 0 bridgehead atoms. The number of halogens is 2. The molecule has 0 aliphatic rings. The molecule has 0 fully saturated rings. The number of benzene rings is 1. The number of hydrogen-bond donors (Lipinski definition) is 4. The van der Waals surface area contributed by atoms with Crippen molar-refractivity contribution in [3.8, 4) is 0 Å². The Balaban J connectivity index is 1.85. The molecule has 124 valence electrons. The third-order valence-corrected chi connectivity index (χ3v) is 5.04. The summed E-state index contributed by atoms with van der Waals surface area (Å²) < 4.78 is 0.781. The van der Waals surface area contributed by atoms with E-state index in [-0.39, 0.29) is 10.7 Å². The molecule has 0 spiro atoms. The molecule has 10 heteroatoms. The van der Waals surface area contributed by atoms with E-state index in [4.69, 9.17) is 28.9 Å². The van der Waals surface area contributed by atoms with Crippen LogP contribution in [0.25, 0.3) is 10.2 Å². The summed E-state index contributed by atoms with van der Waals surface area (Å²) in [5.74, 6) is -0.440. The number of nitrogens with zero attached hydrogens (tertiary/aromatic N) is 1. The fourth-order valence-corrected chi connectivity index (χ4v) is 3.40. The zero-order valence-electron chi connectivity index (χ0n) is 12.2. The van der Waals surface area contributed by atoms with Crippen molar-refractivity contribution in [3.05, 3.63) is 39.6 Å². The van der Waals surface area contributed by atoms with Crippen LogP contribution in [0.4, 0.5) is 15.6 Å². The second-order valence-electron chi connectivity index (χ2n) is 4.90. The summed E-state index contributed by atoms with van der Waals surface area (Å²) in [7, 11) is 0. The van der Waals surface area contributed by atoms with E-state index in [9.17, 15) is 9.59 Å². The second kappa shape index (κ2) is 6.31. The Morgan fingerprint density at radius 1 is 1.25 bits per heavy atom. The number of primary amides is 1. The first-order valence-electron chi connectivity index (χ1n) is 6.67. The fraction of sp³-hybridized carbons (Fsp3) is 0.0714. The Morgan fingerprint density at radius 2 is 2.00 bits per heavy atom. The highest BCUT2D eigenvalue weighted by Gasteiger charge is 2.19. The molecule has 0 saturated heterocycles. The maximum absolute atomic E-state index is 12.3. The molecule has 0 aliphatic heterocycles. The highest BCUT2D eigenvalue weighted by Crippen LogP contribution is 2.31. The number of aryl methyl sites for hydroxylation is 1. The highest BCUT2D eigenvalue weighted by molar-refractivity contribution is 7.22. The third-order valence-electron chi connectivity index (χ3n) is 3.16. The Morgan fingerprint density at radius 3 is 2.62 bits per heavy atom. The van der Waals surface area contributed by atoms with Crippen LogP contribution in [-0.4, -0.2) is 21.9 Å². The van der Waals surface area contributed by atoms with Crippen molar-refractivity contribution in [3.63, 3.8) is 0 Å². The van der Waals surface area contributed by atoms with Crippen molar-refractivity contribution in [2.24, 2.45) is 5.73 Å². The molecule has 2 aromatic heterocycles. The quantitative estimate of drug-likeness (QED) is 0.548. The lowest BCUT2D eigenvalue weighted by Crippen LogP contribution is -2.19. The van der Waals surface area contributed by atoms with Gasteiger partial charge in [-0.15, -0.1) is 0 Å². The summed E-state index contributed by atoms with van der Waals surface area (Å²) in [6.07, 6.45) is 0. The van der Waals surface area contributed by atoms with Crippen molar-refractivity contribution in [1.29, 1.82) is 0 Å². The normalized spacial score (nSPS) is 10.8. The zero-order valence-corrected chi connectivity index (χ0v) is 14.6. The number of hydrogen-bond acceptors (Lipinski definition) is 4. The van der Waals surface area contributed by atoms with Crippen LogP contribution in [0.2, 0.25) is 10.0 Å². The van der Waals surface area contributed by atoms with Crippen LogP contribution < -0.4 is 16.4 Å². The first-order chi connectivity index (χ1) is 11.3. The Kier molecular flexibility index (Phi) is 4.35. The number of rotatable bonds is 3. The number of anilines is 2. The standard InChI is InChI=1S/C14H11Cl2N5O2S/c1-5-9(15)10(16)11(18-5)12(22)21-14-20-7-3-2-6(19-13(17)23)4-8(7)24-14/h2-4,18H,1H3,(H3,17,19,23)(H,20,21,22). The molecule has 0 atom stereocenters. The van der Waals surface area contributed by atoms with E-state index in [0.29, 0.717) is 27.1 Å². The molecule has 1 aromatic carbocycles. The molecule has 3 aromatic rings. The van der Waals surface area contributed by atoms with Crippen LogP contribution in [0.1, 0.15) is 16.2 Å². The maximum Gasteiger partial charge on any atom is 0.316 e. The number of aromatic amines is 1. The number of H-pyrrole nitrogens is 1. The van der Waals surface area contributed by atoms with Crippen LogP contribution in [-0.2, 0) is 0 Å². The molecule has 0 saturated carbocycles. The van der Waals surface area contributed by atoms with Gasteiger partial charge in [-0.2, -0.15) is 0 Å². The minimum absolute atomic E-state index is 0.167. The van der Waals surface area contributed by atoms with Gasteiger partial charge in [0.1, 0.15) is 5.69 Å². The number of urea groups is 1. The van der Waals surface area contributed by atoms with Gasteiger partial charge in [-0.1, -0.05) is 34.5 Å². The second-order valence-corrected chi connectivity index (χ2v) is 6.68. The minimum Gasteiger partial charge on any atom is -0.352 e. The molecular formula is C14H11Cl2N5O2S. The summed E-state index contributed by atoms with van der Waals surface area (Å²) in [5.41, 5.74) is 7.10. The monoisotopic (exact) mass is 383 g/mol. The first-order valence-corrected chi connectivity index (χ1v) is 8.24. The number of aromatic nitrogens is 2. The summed E-state index contributed by atoms with van der Waals surface area (Å²) in [5, 5.41) is 6.03. The van der Waals surface area contributed by atoms with E-state index < -0.39 is 11.9 Å². The van der Waals surface area contributed by atoms with Gasteiger partial charge in [-0.25, -0.2) is 9.78 Å². The summed E-state index contributed by atoms with van der Waals surface area (Å²) >= 11 is 13.3. The van der Waals surface area contributed by atoms with E-state index in [0.717, 1.165) is 4.70 Å².